The minimum atomic E-state index is -3.85. The van der Waals surface area contributed by atoms with Crippen molar-refractivity contribution >= 4 is 43.3 Å². The molecule has 1 amide bonds. The van der Waals surface area contributed by atoms with Gasteiger partial charge in [-0.1, -0.05) is 12.1 Å². The Kier molecular flexibility index (Phi) is 4.16. The van der Waals surface area contributed by atoms with E-state index in [1.807, 2.05) is 6.92 Å². The maximum absolute atomic E-state index is 13.4. The Morgan fingerprint density at radius 2 is 1.93 bits per heavy atom. The Labute approximate surface area is 172 Å². The molecule has 6 nitrogen and oxygen atoms in total. The van der Waals surface area contributed by atoms with Crippen LogP contribution in [0.25, 0.3) is 21.7 Å². The number of nitrogens with zero attached hydrogens (tertiary/aromatic N) is 1. The zero-order chi connectivity index (χ0) is 21.0. The molecule has 0 radical (unpaired) electrons. The number of H-pyrrole nitrogens is 1. The third-order valence-corrected chi connectivity index (χ3v) is 6.90. The molecular formula is C22H18FN3O3S. The average Bonchev–Trinajstić information content (AvgIpc) is 3.26. The van der Waals surface area contributed by atoms with E-state index in [9.17, 15) is 17.6 Å². The number of fused-ring (bicyclic) bond motifs is 1. The number of halogens is 1. The zero-order valence-electron chi connectivity index (χ0n) is 16.1. The Morgan fingerprint density at radius 3 is 2.73 bits per heavy atom. The summed E-state index contributed by atoms with van der Waals surface area (Å²) in [6.45, 7) is 2.42. The minimum Gasteiger partial charge on any atom is -0.357 e. The minimum absolute atomic E-state index is 0.0293. The highest BCUT2D eigenvalue weighted by atomic mass is 32.2. The van der Waals surface area contributed by atoms with Crippen LogP contribution in [0.4, 0.5) is 10.1 Å². The van der Waals surface area contributed by atoms with Crippen molar-refractivity contribution in [3.05, 3.63) is 71.7 Å². The molecule has 152 valence electrons. The number of carbonyl (C=O) groups is 1. The summed E-state index contributed by atoms with van der Waals surface area (Å²) in [6.07, 6.45) is 0. The van der Waals surface area contributed by atoms with Crippen LogP contribution in [-0.4, -0.2) is 25.9 Å². The molecule has 0 unspecified atom stereocenters. The van der Waals surface area contributed by atoms with E-state index in [1.165, 1.54) is 18.2 Å². The SMILES string of the molecule is CCN1C(=O)c2cccc3c(S(=O)(=O)NCc4cc5cc(F)ccc5[nH]4)ccc1c23. The largest absolute Gasteiger partial charge is 0.357 e. The van der Waals surface area contributed by atoms with E-state index in [0.717, 1.165) is 11.2 Å². The smallest absolute Gasteiger partial charge is 0.258 e. The molecule has 1 aromatic heterocycles. The predicted octanol–water partition coefficient (Wildman–Crippen LogP) is 3.92. The zero-order valence-corrected chi connectivity index (χ0v) is 16.9. The standard InChI is InChI=1S/C22H18FN3O3S/c1-2-26-19-8-9-20(16-4-3-5-17(21(16)19)22(26)27)30(28,29)24-12-15-11-13-10-14(23)6-7-18(13)25-15/h3-11,24-25H,2,12H2,1H3. The van der Waals surface area contributed by atoms with Crippen molar-refractivity contribution in [1.82, 2.24) is 9.71 Å². The lowest BCUT2D eigenvalue weighted by atomic mass is 10.1. The Balaban J connectivity index is 1.52. The van der Waals surface area contributed by atoms with Crippen molar-refractivity contribution < 1.29 is 17.6 Å². The number of anilines is 1. The molecule has 4 aromatic rings. The van der Waals surface area contributed by atoms with Gasteiger partial charge in [0.25, 0.3) is 5.91 Å². The van der Waals surface area contributed by atoms with E-state index in [-0.39, 0.29) is 23.2 Å². The number of benzene rings is 3. The van der Waals surface area contributed by atoms with Crippen molar-refractivity contribution in [3.63, 3.8) is 0 Å². The van der Waals surface area contributed by atoms with Gasteiger partial charge in [-0.25, -0.2) is 17.5 Å². The lowest BCUT2D eigenvalue weighted by molar-refractivity contribution is 0.0994. The third-order valence-electron chi connectivity index (χ3n) is 5.44. The number of carbonyl (C=O) groups excluding carboxylic acids is 1. The van der Waals surface area contributed by atoms with E-state index in [2.05, 4.69) is 9.71 Å². The first-order chi connectivity index (χ1) is 14.4. The average molecular weight is 423 g/mol. The van der Waals surface area contributed by atoms with Crippen LogP contribution in [0, 0.1) is 5.82 Å². The van der Waals surface area contributed by atoms with Crippen LogP contribution in [-0.2, 0) is 16.6 Å². The van der Waals surface area contributed by atoms with E-state index < -0.39 is 10.0 Å². The summed E-state index contributed by atoms with van der Waals surface area (Å²) < 4.78 is 42.2. The fourth-order valence-electron chi connectivity index (χ4n) is 4.08. The quantitative estimate of drug-likeness (QED) is 0.510. The Bertz CT molecular complexity index is 1440. The monoisotopic (exact) mass is 423 g/mol. The van der Waals surface area contributed by atoms with Crippen molar-refractivity contribution in [2.45, 2.75) is 18.4 Å². The lowest BCUT2D eigenvalue weighted by Crippen LogP contribution is -2.26. The van der Waals surface area contributed by atoms with Crippen molar-refractivity contribution in [2.24, 2.45) is 0 Å². The molecular weight excluding hydrogens is 405 g/mol. The van der Waals surface area contributed by atoms with E-state index in [0.29, 0.717) is 34.0 Å². The van der Waals surface area contributed by atoms with Crippen LogP contribution in [0.1, 0.15) is 23.0 Å². The number of nitrogens with one attached hydrogen (secondary N) is 2. The summed E-state index contributed by atoms with van der Waals surface area (Å²) in [5, 5.41) is 1.85. The molecule has 8 heteroatoms. The molecule has 2 heterocycles. The summed E-state index contributed by atoms with van der Waals surface area (Å²) in [4.78, 5) is 17.5. The second kappa shape index (κ2) is 6.65. The number of amides is 1. The van der Waals surface area contributed by atoms with Gasteiger partial charge in [-0.05, 0) is 49.4 Å². The molecule has 1 aliphatic heterocycles. The molecule has 0 fully saturated rings. The van der Waals surface area contributed by atoms with Gasteiger partial charge in [0.15, 0.2) is 0 Å². The Hall–Kier alpha value is -3.23. The van der Waals surface area contributed by atoms with Gasteiger partial charge < -0.3 is 9.88 Å². The third kappa shape index (κ3) is 2.79. The molecule has 0 spiro atoms. The predicted molar refractivity (Wildman–Crippen MR) is 114 cm³/mol. The normalized spacial score (nSPS) is 13.7. The number of rotatable bonds is 5. The summed E-state index contributed by atoms with van der Waals surface area (Å²) in [6, 6.07) is 14.4. The van der Waals surface area contributed by atoms with E-state index in [4.69, 9.17) is 0 Å². The number of aromatic nitrogens is 1. The van der Waals surface area contributed by atoms with E-state index in [1.54, 1.807) is 41.3 Å². The van der Waals surface area contributed by atoms with Gasteiger partial charge in [0.2, 0.25) is 10.0 Å². The maximum atomic E-state index is 13.4. The van der Waals surface area contributed by atoms with Gasteiger partial charge in [0.05, 0.1) is 17.1 Å². The van der Waals surface area contributed by atoms with Crippen LogP contribution < -0.4 is 9.62 Å². The summed E-state index contributed by atoms with van der Waals surface area (Å²) in [7, 11) is -3.85. The number of aromatic amines is 1. The first-order valence-corrected chi connectivity index (χ1v) is 11.0. The highest BCUT2D eigenvalue weighted by molar-refractivity contribution is 7.89. The van der Waals surface area contributed by atoms with E-state index >= 15 is 0 Å². The van der Waals surface area contributed by atoms with Crippen LogP contribution in [0.2, 0.25) is 0 Å². The van der Waals surface area contributed by atoms with Gasteiger partial charge in [-0.2, -0.15) is 0 Å². The van der Waals surface area contributed by atoms with Gasteiger partial charge in [-0.3, -0.25) is 4.79 Å². The molecule has 0 aliphatic carbocycles. The van der Waals surface area contributed by atoms with Crippen LogP contribution in [0.15, 0.2) is 59.5 Å². The van der Waals surface area contributed by atoms with Gasteiger partial charge in [0.1, 0.15) is 5.82 Å². The highest BCUT2D eigenvalue weighted by Crippen LogP contribution is 2.39. The second-order valence-corrected chi connectivity index (χ2v) is 8.95. The fraction of sp³-hybridized carbons (Fsp3) is 0.136. The molecule has 2 N–H and O–H groups in total. The molecule has 0 bridgehead atoms. The van der Waals surface area contributed by atoms with Gasteiger partial charge >= 0.3 is 0 Å². The molecule has 5 rings (SSSR count). The fourth-order valence-corrected chi connectivity index (χ4v) is 5.28. The first-order valence-electron chi connectivity index (χ1n) is 9.53. The first kappa shape index (κ1) is 18.8. The molecule has 0 saturated carbocycles. The van der Waals surface area contributed by atoms with Crippen LogP contribution in [0.3, 0.4) is 0 Å². The maximum Gasteiger partial charge on any atom is 0.258 e. The molecule has 0 atom stereocenters. The molecule has 30 heavy (non-hydrogen) atoms. The van der Waals surface area contributed by atoms with Crippen molar-refractivity contribution in [3.8, 4) is 0 Å². The molecule has 3 aromatic carbocycles. The Morgan fingerprint density at radius 1 is 1.10 bits per heavy atom. The summed E-state index contributed by atoms with van der Waals surface area (Å²) in [5.41, 5.74) is 2.59. The van der Waals surface area contributed by atoms with Crippen LogP contribution in [0.5, 0.6) is 0 Å². The van der Waals surface area contributed by atoms with Crippen molar-refractivity contribution in [2.75, 3.05) is 11.4 Å². The summed E-state index contributed by atoms with van der Waals surface area (Å²) in [5.74, 6) is -0.469. The topological polar surface area (TPSA) is 82.3 Å². The van der Waals surface area contributed by atoms with Gasteiger partial charge in [0, 0.05) is 39.5 Å². The highest BCUT2D eigenvalue weighted by Gasteiger charge is 2.31. The number of hydrogen-bond donors (Lipinski definition) is 2. The molecule has 1 aliphatic rings. The van der Waals surface area contributed by atoms with Gasteiger partial charge in [-0.15, -0.1) is 0 Å². The lowest BCUT2D eigenvalue weighted by Gasteiger charge is -2.15. The molecule has 0 saturated heterocycles. The second-order valence-electron chi connectivity index (χ2n) is 7.21. The van der Waals surface area contributed by atoms with Crippen LogP contribution >= 0.6 is 0 Å². The van der Waals surface area contributed by atoms with Crippen molar-refractivity contribution in [1.29, 1.82) is 0 Å². The summed E-state index contributed by atoms with van der Waals surface area (Å²) >= 11 is 0. The number of hydrogen-bond acceptors (Lipinski definition) is 3. The number of sulfonamides is 1.